The molecule has 0 aliphatic carbocycles. The summed E-state index contributed by atoms with van der Waals surface area (Å²) in [6, 6.07) is 0. The van der Waals surface area contributed by atoms with Crippen LogP contribution >= 0.6 is 0 Å². The summed E-state index contributed by atoms with van der Waals surface area (Å²) in [5, 5.41) is 0. The first-order chi connectivity index (χ1) is 3.15. The summed E-state index contributed by atoms with van der Waals surface area (Å²) < 4.78 is 24.2. The van der Waals surface area contributed by atoms with Crippen molar-refractivity contribution in [3.05, 3.63) is 12.7 Å². The van der Waals surface area contributed by atoms with Crippen molar-refractivity contribution >= 4 is 11.0 Å². The van der Waals surface area contributed by atoms with Crippen LogP contribution in [0.25, 0.3) is 0 Å². The first-order valence-corrected chi connectivity index (χ1v) is 2.68. The van der Waals surface area contributed by atoms with E-state index in [2.05, 4.69) is 6.58 Å². The molecule has 0 aromatic heterocycles. The lowest BCUT2D eigenvalue weighted by molar-refractivity contribution is 0.509. The predicted molar refractivity (Wildman–Crippen MR) is 28.8 cm³/mol. The minimum atomic E-state index is -3.12. The summed E-state index contributed by atoms with van der Waals surface area (Å²) >= 11 is 0. The molecule has 0 spiro atoms. The van der Waals surface area contributed by atoms with Gasteiger partial charge in [0, 0.05) is 0 Å². The van der Waals surface area contributed by atoms with Crippen molar-refractivity contribution < 1.29 is 13.0 Å². The van der Waals surface area contributed by atoms with Crippen molar-refractivity contribution in [2.45, 2.75) is 6.92 Å². The quantitative estimate of drug-likeness (QED) is 0.277. The van der Waals surface area contributed by atoms with E-state index in [9.17, 15) is 0 Å². The summed E-state index contributed by atoms with van der Waals surface area (Å²) in [5.41, 5.74) is 0. The van der Waals surface area contributed by atoms with Crippen LogP contribution in [-0.4, -0.2) is 13.0 Å². The van der Waals surface area contributed by atoms with E-state index in [-0.39, 0.29) is 0 Å². The molecule has 0 unspecified atom stereocenters. The summed E-state index contributed by atoms with van der Waals surface area (Å²) in [6.45, 7) is 5.25. The predicted octanol–water partition coefficient (Wildman–Crippen LogP) is 0.263. The Morgan fingerprint density at radius 1 is 1.71 bits per heavy atom. The van der Waals surface area contributed by atoms with Crippen LogP contribution in [-0.2, 0) is 11.0 Å². The normalized spacial score (nSPS) is 6.71. The molecule has 0 bridgehead atoms. The fourth-order valence-electron chi connectivity index (χ4n) is 0. The topological polar surface area (TPSA) is 54.4 Å². The Kier molecular flexibility index (Phi) is 12.9. The van der Waals surface area contributed by atoms with Crippen LogP contribution < -0.4 is 0 Å². The molecular formula is C3H8O3S. The fraction of sp³-hybridized carbons (Fsp3) is 0.333. The molecule has 0 amide bonds. The van der Waals surface area contributed by atoms with Crippen LogP contribution in [0.2, 0.25) is 0 Å². The van der Waals surface area contributed by atoms with Crippen molar-refractivity contribution in [3.63, 3.8) is 0 Å². The van der Waals surface area contributed by atoms with Gasteiger partial charge in [-0.25, -0.2) is 8.42 Å². The fourth-order valence-corrected chi connectivity index (χ4v) is 0. The van der Waals surface area contributed by atoms with Crippen molar-refractivity contribution in [1.82, 2.24) is 0 Å². The minimum absolute atomic E-state index is 1.75. The highest BCUT2D eigenvalue weighted by molar-refractivity contribution is 7.66. The third-order valence-electron chi connectivity index (χ3n) is 0. The maximum atomic E-state index is 8.59. The smallest absolute Gasteiger partial charge is 0.254 e. The Hall–Kier alpha value is -0.350. The van der Waals surface area contributed by atoms with Gasteiger partial charge in [-0.1, -0.05) is 6.08 Å². The highest BCUT2D eigenvalue weighted by Crippen LogP contribution is 1.38. The van der Waals surface area contributed by atoms with Gasteiger partial charge < -0.3 is 0 Å². The van der Waals surface area contributed by atoms with Crippen LogP contribution in [0.5, 0.6) is 0 Å². The molecule has 1 N–H and O–H groups in total. The average Bonchev–Trinajstić information content (AvgIpc) is 1.33. The lowest BCUT2D eigenvalue weighted by Gasteiger charge is -1.43. The van der Waals surface area contributed by atoms with Crippen LogP contribution in [0.1, 0.15) is 6.92 Å². The third kappa shape index (κ3) is 614. The van der Waals surface area contributed by atoms with Crippen LogP contribution in [0, 0.1) is 0 Å². The summed E-state index contributed by atoms with van der Waals surface area (Å²) in [5.74, 6) is 0. The van der Waals surface area contributed by atoms with E-state index in [1.165, 1.54) is 0 Å². The van der Waals surface area contributed by atoms with Gasteiger partial charge >= 0.3 is 0 Å². The minimum Gasteiger partial charge on any atom is -0.288 e. The second kappa shape index (κ2) is 9.17. The first kappa shape index (κ1) is 9.82. The highest BCUT2D eigenvalue weighted by Gasteiger charge is 1.44. The molecule has 0 aromatic rings. The zero-order valence-corrected chi connectivity index (χ0v) is 4.89. The molecule has 0 radical (unpaired) electrons. The summed E-state index contributed by atoms with van der Waals surface area (Å²) in [4.78, 5) is 0. The molecule has 44 valence electrons. The Balaban J connectivity index is 0. The van der Waals surface area contributed by atoms with Gasteiger partial charge in [0.2, 0.25) is 0 Å². The second-order valence-corrected chi connectivity index (χ2v) is 1.12. The Bertz CT molecular complexity index is 86.4. The monoisotopic (exact) mass is 124 g/mol. The molecule has 4 heteroatoms. The number of rotatable bonds is 0. The van der Waals surface area contributed by atoms with Crippen molar-refractivity contribution in [3.8, 4) is 0 Å². The Labute approximate surface area is 44.4 Å². The first-order valence-electron chi connectivity index (χ1n) is 1.55. The van der Waals surface area contributed by atoms with E-state index in [4.69, 9.17) is 13.0 Å². The van der Waals surface area contributed by atoms with Gasteiger partial charge in [-0.05, 0) is 6.92 Å². The second-order valence-electron chi connectivity index (χ2n) is 0.646. The number of hydrogen-bond acceptors (Lipinski definition) is 2. The van der Waals surface area contributed by atoms with Gasteiger partial charge in [-0.2, -0.15) is 0 Å². The van der Waals surface area contributed by atoms with E-state index < -0.39 is 11.0 Å². The molecule has 0 saturated carbocycles. The zero-order chi connectivity index (χ0) is 6.28. The van der Waals surface area contributed by atoms with Crippen molar-refractivity contribution in [1.29, 1.82) is 0 Å². The van der Waals surface area contributed by atoms with Gasteiger partial charge in [-0.3, -0.25) is 4.55 Å². The standard InChI is InChI=1S/C3H6.H2O3S/c1-3-2;1-4(2)3/h3H,1H2,2H3;4H,(H,1,2,3). The molecule has 0 aromatic carbocycles. The number of allylic oxidation sites excluding steroid dienone is 1. The van der Waals surface area contributed by atoms with Crippen LogP contribution in [0.15, 0.2) is 12.7 Å². The molecule has 7 heavy (non-hydrogen) atoms. The lowest BCUT2D eigenvalue weighted by Crippen LogP contribution is -1.58. The van der Waals surface area contributed by atoms with Gasteiger partial charge in [-0.15, -0.1) is 6.58 Å². The third-order valence-corrected chi connectivity index (χ3v) is 0. The average molecular weight is 124 g/mol. The zero-order valence-electron chi connectivity index (χ0n) is 4.00. The van der Waals surface area contributed by atoms with Crippen molar-refractivity contribution in [2.75, 3.05) is 0 Å². The molecule has 0 fully saturated rings. The molecule has 0 saturated heterocycles. The van der Waals surface area contributed by atoms with E-state index in [0.717, 1.165) is 0 Å². The van der Waals surface area contributed by atoms with Crippen LogP contribution in [0.4, 0.5) is 0 Å². The van der Waals surface area contributed by atoms with E-state index in [1.807, 2.05) is 6.92 Å². The van der Waals surface area contributed by atoms with Gasteiger partial charge in [0.1, 0.15) is 0 Å². The maximum absolute atomic E-state index is 8.59. The Morgan fingerprint density at radius 3 is 1.71 bits per heavy atom. The molecule has 3 nitrogen and oxygen atoms in total. The highest BCUT2D eigenvalue weighted by atomic mass is 32.2. The summed E-state index contributed by atoms with van der Waals surface area (Å²) in [6.07, 6.45) is 1.75. The van der Waals surface area contributed by atoms with Crippen LogP contribution in [0.3, 0.4) is 0 Å². The van der Waals surface area contributed by atoms with E-state index in [0.29, 0.717) is 0 Å². The molecule has 0 heterocycles. The summed E-state index contributed by atoms with van der Waals surface area (Å²) in [7, 11) is -3.12. The van der Waals surface area contributed by atoms with Gasteiger partial charge in [0.15, 0.2) is 0 Å². The largest absolute Gasteiger partial charge is 0.288 e. The van der Waals surface area contributed by atoms with Gasteiger partial charge in [0.25, 0.3) is 11.0 Å². The van der Waals surface area contributed by atoms with E-state index >= 15 is 0 Å². The Morgan fingerprint density at radius 2 is 1.71 bits per heavy atom. The molecule has 0 aliphatic rings. The molecule has 0 aliphatic heterocycles. The SMILES string of the molecule is C=CC.O=[SH](=O)O. The number of thiol groups is 1. The van der Waals surface area contributed by atoms with Crippen molar-refractivity contribution in [2.24, 2.45) is 0 Å². The maximum Gasteiger partial charge on any atom is 0.254 e. The molecule has 0 atom stereocenters. The van der Waals surface area contributed by atoms with E-state index in [1.54, 1.807) is 6.08 Å². The lowest BCUT2D eigenvalue weighted by atomic mass is 10.8. The molecular weight excluding hydrogens is 116 g/mol. The molecule has 0 rings (SSSR count). The number of hydrogen-bond donors (Lipinski definition) is 2. The van der Waals surface area contributed by atoms with Gasteiger partial charge in [0.05, 0.1) is 0 Å².